The summed E-state index contributed by atoms with van der Waals surface area (Å²) in [7, 11) is 0. The predicted octanol–water partition coefficient (Wildman–Crippen LogP) is 8.51. The molecular weight excluding hydrogens is 490 g/mol. The van der Waals surface area contributed by atoms with Crippen LogP contribution in [0.2, 0.25) is 0 Å². The van der Waals surface area contributed by atoms with Crippen LogP contribution in [0.4, 0.5) is 4.79 Å². The normalized spacial score (nSPS) is 11.2. The number of ether oxygens (including phenoxy) is 2. The zero-order valence-corrected chi connectivity index (χ0v) is 23.1. The summed E-state index contributed by atoms with van der Waals surface area (Å²) in [6.07, 6.45) is 5.77. The average Bonchev–Trinajstić information content (AvgIpc) is 3.27. The Bertz CT molecular complexity index is 1470. The molecule has 0 radical (unpaired) electrons. The number of hydrogen-bond donors (Lipinski definition) is 0. The van der Waals surface area contributed by atoms with Crippen molar-refractivity contribution in [2.24, 2.45) is 0 Å². The number of hydrogen-bond acceptors (Lipinski definition) is 5. The number of Topliss-reactive ketones (excluding diaryl/α,β-unsaturated/α-hetero) is 1. The molecule has 0 amide bonds. The summed E-state index contributed by atoms with van der Waals surface area (Å²) < 4.78 is 12.4. The number of ketones is 2. The molecule has 0 bridgehead atoms. The van der Waals surface area contributed by atoms with Crippen LogP contribution in [-0.4, -0.2) is 28.9 Å². The van der Waals surface area contributed by atoms with Crippen LogP contribution in [0.1, 0.15) is 92.0 Å². The van der Waals surface area contributed by atoms with Crippen LogP contribution in [0.15, 0.2) is 60.7 Å². The van der Waals surface area contributed by atoms with Gasteiger partial charge in [-0.25, -0.2) is 4.79 Å². The fourth-order valence-corrected chi connectivity index (χ4v) is 4.88. The Morgan fingerprint density at radius 2 is 1.31 bits per heavy atom. The van der Waals surface area contributed by atoms with Crippen LogP contribution in [0, 0.1) is 0 Å². The molecule has 39 heavy (non-hydrogen) atoms. The summed E-state index contributed by atoms with van der Waals surface area (Å²) in [6, 6.07) is 18.1. The summed E-state index contributed by atoms with van der Waals surface area (Å²) in [6.45, 7) is 7.36. The minimum Gasteiger partial charge on any atom is -0.434 e. The van der Waals surface area contributed by atoms with E-state index in [1.807, 2.05) is 43.3 Å². The maximum absolute atomic E-state index is 13.4. The molecule has 0 N–H and O–H groups in total. The summed E-state index contributed by atoms with van der Waals surface area (Å²) >= 11 is 0. The van der Waals surface area contributed by atoms with Gasteiger partial charge in [-0.1, -0.05) is 39.5 Å². The smallest absolute Gasteiger partial charge is 0.434 e. The Morgan fingerprint density at radius 3 is 1.95 bits per heavy atom. The summed E-state index contributed by atoms with van der Waals surface area (Å²) in [5.41, 5.74) is 3.84. The first-order valence-corrected chi connectivity index (χ1v) is 14.0. The lowest BCUT2D eigenvalue weighted by molar-refractivity contribution is 0.0969. The number of rotatable bonds is 13. The molecule has 1 aromatic heterocycles. The highest BCUT2D eigenvalue weighted by Gasteiger charge is 2.17. The highest BCUT2D eigenvalue weighted by atomic mass is 16.7. The molecule has 0 aliphatic heterocycles. The van der Waals surface area contributed by atoms with Crippen molar-refractivity contribution in [3.8, 4) is 5.75 Å². The lowest BCUT2D eigenvalue weighted by atomic mass is 9.99. The summed E-state index contributed by atoms with van der Waals surface area (Å²) in [5, 5.41) is 1.93. The third-order valence-corrected chi connectivity index (χ3v) is 7.06. The molecule has 3 aromatic carbocycles. The zero-order chi connectivity index (χ0) is 27.8. The van der Waals surface area contributed by atoms with Gasteiger partial charge in [-0.2, -0.15) is 0 Å². The summed E-state index contributed by atoms with van der Waals surface area (Å²) in [5.74, 6) is 0.352. The van der Waals surface area contributed by atoms with Crippen molar-refractivity contribution in [2.45, 2.75) is 72.3 Å². The van der Waals surface area contributed by atoms with Gasteiger partial charge in [-0.05, 0) is 80.4 Å². The SMILES string of the molecule is CCCCCCC(=O)c1ccc2c(c1)c1cc(C(=O)c3ccc(OC(=O)OCCCC)cc3)ccc1n2CC. The van der Waals surface area contributed by atoms with Crippen LogP contribution in [-0.2, 0) is 11.3 Å². The maximum atomic E-state index is 13.4. The van der Waals surface area contributed by atoms with E-state index < -0.39 is 6.16 Å². The van der Waals surface area contributed by atoms with Crippen LogP contribution in [0.5, 0.6) is 5.75 Å². The van der Waals surface area contributed by atoms with Gasteiger partial charge in [0.05, 0.1) is 6.61 Å². The molecule has 0 saturated carbocycles. The van der Waals surface area contributed by atoms with E-state index >= 15 is 0 Å². The molecule has 4 aromatic rings. The van der Waals surface area contributed by atoms with Gasteiger partial charge in [0.1, 0.15) is 5.75 Å². The number of benzene rings is 3. The predicted molar refractivity (Wildman–Crippen MR) is 155 cm³/mol. The monoisotopic (exact) mass is 527 g/mol. The number of fused-ring (bicyclic) bond motifs is 3. The van der Waals surface area contributed by atoms with Gasteiger partial charge < -0.3 is 14.0 Å². The third kappa shape index (κ3) is 6.56. The van der Waals surface area contributed by atoms with Gasteiger partial charge in [0, 0.05) is 51.5 Å². The topological polar surface area (TPSA) is 74.6 Å². The number of aryl methyl sites for hydroxylation is 1. The first-order chi connectivity index (χ1) is 19.0. The number of aromatic nitrogens is 1. The molecule has 6 nitrogen and oxygen atoms in total. The van der Waals surface area contributed by atoms with Crippen LogP contribution in [0.3, 0.4) is 0 Å². The van der Waals surface area contributed by atoms with Crippen molar-refractivity contribution < 1.29 is 23.9 Å². The van der Waals surface area contributed by atoms with E-state index in [-0.39, 0.29) is 11.6 Å². The molecule has 0 unspecified atom stereocenters. The number of unbranched alkanes of at least 4 members (excludes halogenated alkanes) is 4. The molecular formula is C33H37NO5. The van der Waals surface area contributed by atoms with Crippen molar-refractivity contribution >= 4 is 39.5 Å². The fourth-order valence-electron chi connectivity index (χ4n) is 4.88. The van der Waals surface area contributed by atoms with E-state index in [4.69, 9.17) is 9.47 Å². The van der Waals surface area contributed by atoms with Crippen LogP contribution >= 0.6 is 0 Å². The van der Waals surface area contributed by atoms with E-state index in [0.717, 1.165) is 72.4 Å². The van der Waals surface area contributed by atoms with Gasteiger partial charge in [-0.3, -0.25) is 9.59 Å². The van der Waals surface area contributed by atoms with Gasteiger partial charge in [0.25, 0.3) is 0 Å². The standard InChI is InChI=1S/C33H37NO5/c1-4-7-9-10-11-31(35)24-14-18-29-27(21-24)28-22-25(15-19-30(28)34(29)6-3)32(36)23-12-16-26(17-13-23)39-33(37)38-20-8-5-2/h12-19,21-22H,4-11,20H2,1-3H3. The minimum absolute atomic E-state index is 0.130. The number of carbonyl (C=O) groups excluding carboxylic acids is 3. The largest absolute Gasteiger partial charge is 0.513 e. The highest BCUT2D eigenvalue weighted by molar-refractivity contribution is 6.15. The van der Waals surface area contributed by atoms with Crippen molar-refractivity contribution in [2.75, 3.05) is 6.61 Å². The number of carbonyl (C=O) groups is 3. The average molecular weight is 528 g/mol. The third-order valence-electron chi connectivity index (χ3n) is 7.06. The van der Waals surface area contributed by atoms with E-state index in [0.29, 0.717) is 29.9 Å². The zero-order valence-electron chi connectivity index (χ0n) is 23.1. The van der Waals surface area contributed by atoms with Gasteiger partial charge in [-0.15, -0.1) is 0 Å². The minimum atomic E-state index is -0.751. The molecule has 0 aliphatic carbocycles. The lowest BCUT2D eigenvalue weighted by Crippen LogP contribution is -2.11. The van der Waals surface area contributed by atoms with E-state index in [1.165, 1.54) is 0 Å². The Hall–Kier alpha value is -3.93. The van der Waals surface area contributed by atoms with Gasteiger partial charge in [0.15, 0.2) is 11.6 Å². The van der Waals surface area contributed by atoms with Gasteiger partial charge >= 0.3 is 6.16 Å². The Morgan fingerprint density at radius 1 is 0.692 bits per heavy atom. The molecule has 0 aliphatic rings. The Labute approximate surface area is 229 Å². The molecule has 204 valence electrons. The second kappa shape index (κ2) is 13.2. The first-order valence-electron chi connectivity index (χ1n) is 14.0. The molecule has 1 heterocycles. The molecule has 0 atom stereocenters. The van der Waals surface area contributed by atoms with Crippen LogP contribution in [0.25, 0.3) is 21.8 Å². The van der Waals surface area contributed by atoms with E-state index in [9.17, 15) is 14.4 Å². The fraction of sp³-hybridized carbons (Fsp3) is 0.364. The van der Waals surface area contributed by atoms with E-state index in [2.05, 4.69) is 18.4 Å². The molecule has 6 heteroatoms. The second-order valence-corrected chi connectivity index (χ2v) is 9.85. The maximum Gasteiger partial charge on any atom is 0.513 e. The summed E-state index contributed by atoms with van der Waals surface area (Å²) in [4.78, 5) is 38.0. The van der Waals surface area contributed by atoms with Crippen molar-refractivity contribution in [1.29, 1.82) is 0 Å². The van der Waals surface area contributed by atoms with Crippen LogP contribution < -0.4 is 4.74 Å². The van der Waals surface area contributed by atoms with Crippen molar-refractivity contribution in [1.82, 2.24) is 4.57 Å². The molecule has 4 rings (SSSR count). The van der Waals surface area contributed by atoms with Crippen molar-refractivity contribution in [3.63, 3.8) is 0 Å². The van der Waals surface area contributed by atoms with Crippen molar-refractivity contribution in [3.05, 3.63) is 77.4 Å². The van der Waals surface area contributed by atoms with Gasteiger partial charge in [0.2, 0.25) is 0 Å². The molecule has 0 saturated heterocycles. The second-order valence-electron chi connectivity index (χ2n) is 9.85. The number of nitrogens with zero attached hydrogens (tertiary/aromatic N) is 1. The first kappa shape index (κ1) is 28.1. The highest BCUT2D eigenvalue weighted by Crippen LogP contribution is 2.32. The molecule has 0 fully saturated rings. The Balaban J connectivity index is 1.58. The van der Waals surface area contributed by atoms with E-state index in [1.54, 1.807) is 24.3 Å². The lowest BCUT2D eigenvalue weighted by Gasteiger charge is -2.07. The Kier molecular flexibility index (Phi) is 9.53. The molecule has 0 spiro atoms. The quantitative estimate of drug-likeness (QED) is 0.0754.